The fraction of sp³-hybridized carbons (Fsp3) is 0.211. The number of para-hydroxylation sites is 1. The molecular formula is C19H24IN5O2S. The van der Waals surface area contributed by atoms with Gasteiger partial charge in [0.05, 0.1) is 4.90 Å². The number of halogens is 1. The Balaban J connectivity index is 0.00000280. The van der Waals surface area contributed by atoms with Gasteiger partial charge < -0.3 is 15.6 Å². The zero-order valence-electron chi connectivity index (χ0n) is 15.5. The molecule has 2 aromatic carbocycles. The molecule has 0 aliphatic carbocycles. The zero-order valence-corrected chi connectivity index (χ0v) is 18.6. The molecule has 150 valence electrons. The predicted octanol–water partition coefficient (Wildman–Crippen LogP) is 2.34. The van der Waals surface area contributed by atoms with Gasteiger partial charge in [-0.25, -0.2) is 13.6 Å². The molecule has 3 aromatic rings. The minimum Gasteiger partial charge on any atom is -0.361 e. The minimum atomic E-state index is -3.66. The molecule has 3 rings (SSSR count). The third kappa shape index (κ3) is 5.69. The fourth-order valence-corrected chi connectivity index (χ4v) is 3.37. The highest BCUT2D eigenvalue weighted by Gasteiger charge is 2.07. The molecule has 0 unspecified atom stereocenters. The third-order valence-corrected chi connectivity index (χ3v) is 5.23. The second kappa shape index (κ2) is 9.89. The number of rotatable bonds is 6. The number of nitrogens with zero attached hydrogens (tertiary/aromatic N) is 1. The number of aromatic nitrogens is 1. The first-order valence-electron chi connectivity index (χ1n) is 8.58. The Morgan fingerprint density at radius 3 is 2.50 bits per heavy atom. The maximum atomic E-state index is 11.3. The molecule has 28 heavy (non-hydrogen) atoms. The van der Waals surface area contributed by atoms with Crippen molar-refractivity contribution in [3.63, 3.8) is 0 Å². The van der Waals surface area contributed by atoms with Crippen LogP contribution in [-0.2, 0) is 23.0 Å². The van der Waals surface area contributed by atoms with Crippen LogP contribution in [0.15, 0.2) is 64.6 Å². The molecule has 0 aliphatic rings. The highest BCUT2D eigenvalue weighted by atomic mass is 127. The zero-order chi connectivity index (χ0) is 19.3. The van der Waals surface area contributed by atoms with Crippen molar-refractivity contribution in [1.82, 2.24) is 15.6 Å². The van der Waals surface area contributed by atoms with Crippen molar-refractivity contribution in [1.29, 1.82) is 0 Å². The molecular weight excluding hydrogens is 489 g/mol. The number of H-pyrrole nitrogens is 1. The molecule has 0 radical (unpaired) electrons. The molecule has 0 bridgehead atoms. The monoisotopic (exact) mass is 513 g/mol. The number of nitrogens with two attached hydrogens (primary N) is 1. The van der Waals surface area contributed by atoms with Crippen LogP contribution in [0.3, 0.4) is 0 Å². The summed E-state index contributed by atoms with van der Waals surface area (Å²) >= 11 is 0. The van der Waals surface area contributed by atoms with Gasteiger partial charge in [-0.2, -0.15) is 0 Å². The van der Waals surface area contributed by atoms with Crippen LogP contribution in [0.4, 0.5) is 0 Å². The lowest BCUT2D eigenvalue weighted by molar-refractivity contribution is 0.597. The number of aliphatic imine (C=N–C) groups is 1. The van der Waals surface area contributed by atoms with E-state index in [2.05, 4.69) is 32.7 Å². The number of aromatic amines is 1. The lowest BCUT2D eigenvalue weighted by Gasteiger charge is -2.12. The van der Waals surface area contributed by atoms with Crippen molar-refractivity contribution in [3.05, 3.63) is 65.9 Å². The van der Waals surface area contributed by atoms with Crippen LogP contribution in [0, 0.1) is 0 Å². The molecule has 9 heteroatoms. The topological polar surface area (TPSA) is 112 Å². The lowest BCUT2D eigenvalue weighted by Crippen LogP contribution is -2.37. The number of benzene rings is 2. The van der Waals surface area contributed by atoms with Crippen LogP contribution in [0.5, 0.6) is 0 Å². The van der Waals surface area contributed by atoms with Crippen molar-refractivity contribution in [2.75, 3.05) is 13.6 Å². The van der Waals surface area contributed by atoms with Gasteiger partial charge in [-0.15, -0.1) is 24.0 Å². The van der Waals surface area contributed by atoms with Gasteiger partial charge in [0.1, 0.15) is 0 Å². The van der Waals surface area contributed by atoms with Crippen LogP contribution in [0.2, 0.25) is 0 Å². The Morgan fingerprint density at radius 1 is 1.11 bits per heavy atom. The summed E-state index contributed by atoms with van der Waals surface area (Å²) in [5, 5.41) is 12.8. The minimum absolute atomic E-state index is 0. The molecule has 0 spiro atoms. The quantitative estimate of drug-likeness (QED) is 0.230. The summed E-state index contributed by atoms with van der Waals surface area (Å²) in [7, 11) is -1.95. The average molecular weight is 513 g/mol. The Labute approximate surface area is 181 Å². The maximum Gasteiger partial charge on any atom is 0.238 e. The van der Waals surface area contributed by atoms with Crippen molar-refractivity contribution in [2.45, 2.75) is 17.9 Å². The van der Waals surface area contributed by atoms with E-state index < -0.39 is 10.0 Å². The maximum absolute atomic E-state index is 11.3. The van der Waals surface area contributed by atoms with E-state index in [0.717, 1.165) is 24.0 Å². The van der Waals surface area contributed by atoms with Crippen molar-refractivity contribution in [3.8, 4) is 0 Å². The Morgan fingerprint density at radius 2 is 1.82 bits per heavy atom. The van der Waals surface area contributed by atoms with Gasteiger partial charge in [-0.1, -0.05) is 30.3 Å². The normalized spacial score (nSPS) is 11.9. The lowest BCUT2D eigenvalue weighted by atomic mass is 10.1. The number of primary sulfonamides is 1. The van der Waals surface area contributed by atoms with Crippen molar-refractivity contribution < 1.29 is 8.42 Å². The van der Waals surface area contributed by atoms with E-state index in [9.17, 15) is 8.42 Å². The molecule has 1 heterocycles. The summed E-state index contributed by atoms with van der Waals surface area (Å²) in [6, 6.07) is 14.7. The van der Waals surface area contributed by atoms with E-state index in [1.807, 2.05) is 18.3 Å². The first-order valence-corrected chi connectivity index (χ1v) is 10.1. The van der Waals surface area contributed by atoms with E-state index in [4.69, 9.17) is 5.14 Å². The number of nitrogens with one attached hydrogen (secondary N) is 3. The number of hydrogen-bond donors (Lipinski definition) is 4. The van der Waals surface area contributed by atoms with E-state index in [-0.39, 0.29) is 28.9 Å². The van der Waals surface area contributed by atoms with Gasteiger partial charge >= 0.3 is 0 Å². The molecule has 0 aliphatic heterocycles. The van der Waals surface area contributed by atoms with Gasteiger partial charge in [0.25, 0.3) is 0 Å². The van der Waals surface area contributed by atoms with Crippen LogP contribution in [0.25, 0.3) is 10.9 Å². The fourth-order valence-electron chi connectivity index (χ4n) is 2.86. The Hall–Kier alpha value is -2.11. The summed E-state index contributed by atoms with van der Waals surface area (Å²) < 4.78 is 22.6. The van der Waals surface area contributed by atoms with Crippen LogP contribution in [0.1, 0.15) is 11.1 Å². The highest BCUT2D eigenvalue weighted by molar-refractivity contribution is 14.0. The highest BCUT2D eigenvalue weighted by Crippen LogP contribution is 2.17. The molecule has 1 aromatic heterocycles. The summed E-state index contributed by atoms with van der Waals surface area (Å²) in [5.74, 6) is 0.686. The predicted molar refractivity (Wildman–Crippen MR) is 123 cm³/mol. The molecule has 5 N–H and O–H groups in total. The largest absolute Gasteiger partial charge is 0.361 e. The van der Waals surface area contributed by atoms with E-state index in [1.165, 1.54) is 23.1 Å². The summed E-state index contributed by atoms with van der Waals surface area (Å²) in [6.45, 7) is 1.27. The Bertz CT molecular complexity index is 1050. The molecule has 0 saturated heterocycles. The number of sulfonamides is 1. The van der Waals surface area contributed by atoms with Gasteiger partial charge in [-0.3, -0.25) is 4.99 Å². The van der Waals surface area contributed by atoms with Crippen molar-refractivity contribution >= 4 is 50.9 Å². The molecule has 7 nitrogen and oxygen atoms in total. The van der Waals surface area contributed by atoms with Crippen LogP contribution in [-0.4, -0.2) is 33.0 Å². The van der Waals surface area contributed by atoms with Gasteiger partial charge in [0, 0.05) is 37.2 Å². The van der Waals surface area contributed by atoms with Crippen LogP contribution < -0.4 is 15.8 Å². The molecule has 0 saturated carbocycles. The number of fused-ring (bicyclic) bond motifs is 1. The second-order valence-corrected chi connectivity index (χ2v) is 7.71. The first-order chi connectivity index (χ1) is 13.0. The summed E-state index contributed by atoms with van der Waals surface area (Å²) in [5.41, 5.74) is 3.33. The standard InChI is InChI=1S/C19H23N5O2S.HI/c1-21-19(24-12-14-6-8-16(9-7-14)27(20,25)26)22-11-10-15-13-23-18-5-3-2-4-17(15)18;/h2-9,13,23H,10-12H2,1H3,(H2,20,25,26)(H2,21,22,24);1H. The summed E-state index contributed by atoms with van der Waals surface area (Å²) in [6.07, 6.45) is 2.91. The molecule has 0 amide bonds. The first kappa shape index (κ1) is 22.2. The molecule has 0 fully saturated rings. The third-order valence-electron chi connectivity index (χ3n) is 4.30. The van der Waals surface area contributed by atoms with Gasteiger partial charge in [0.15, 0.2) is 5.96 Å². The number of guanidine groups is 1. The van der Waals surface area contributed by atoms with E-state index in [1.54, 1.807) is 19.2 Å². The Kier molecular flexibility index (Phi) is 7.84. The average Bonchev–Trinajstić information content (AvgIpc) is 3.07. The van der Waals surface area contributed by atoms with Gasteiger partial charge in [0.2, 0.25) is 10.0 Å². The SMILES string of the molecule is CN=C(NCCc1c[nH]c2ccccc12)NCc1ccc(S(N)(=O)=O)cc1.I. The molecule has 0 atom stereocenters. The van der Waals surface area contributed by atoms with Crippen LogP contribution >= 0.6 is 24.0 Å². The second-order valence-electron chi connectivity index (χ2n) is 6.15. The van der Waals surface area contributed by atoms with Gasteiger partial charge in [-0.05, 0) is 35.7 Å². The summed E-state index contributed by atoms with van der Waals surface area (Å²) in [4.78, 5) is 7.59. The van der Waals surface area contributed by atoms with E-state index in [0.29, 0.717) is 12.5 Å². The number of hydrogen-bond acceptors (Lipinski definition) is 3. The van der Waals surface area contributed by atoms with E-state index >= 15 is 0 Å². The smallest absolute Gasteiger partial charge is 0.238 e. The van der Waals surface area contributed by atoms with Crippen molar-refractivity contribution in [2.24, 2.45) is 10.1 Å².